The lowest BCUT2D eigenvalue weighted by molar-refractivity contribution is -0.130. The molecule has 0 heterocycles. The van der Waals surface area contributed by atoms with Gasteiger partial charge in [-0.2, -0.15) is 5.10 Å². The number of amides is 1. The lowest BCUT2D eigenvalue weighted by atomic mass is 10.00. The number of ketones is 1. The summed E-state index contributed by atoms with van der Waals surface area (Å²) >= 11 is 0. The fraction of sp³-hybridized carbons (Fsp3) is 0. The first-order valence-corrected chi connectivity index (χ1v) is 6.56. The molecule has 0 spiro atoms. The van der Waals surface area contributed by atoms with E-state index in [2.05, 4.69) is 10.4 Å². The standard InChI is InChI=1S/C16H13N3O4/c17-19-13(11-8-4-5-9-12(11)16(22)23)14(20)15(21)18-10-6-2-1-3-7-10/h1-9H,17H2,(H,18,21)(H,22,23). The maximum Gasteiger partial charge on any atom is 0.336 e. The number of benzene rings is 2. The van der Waals surface area contributed by atoms with Gasteiger partial charge in [-0.1, -0.05) is 36.4 Å². The van der Waals surface area contributed by atoms with Crippen LogP contribution in [-0.4, -0.2) is 28.5 Å². The molecule has 2 aromatic carbocycles. The second kappa shape index (κ2) is 6.99. The molecule has 4 N–H and O–H groups in total. The van der Waals surface area contributed by atoms with E-state index in [1.807, 2.05) is 0 Å². The highest BCUT2D eigenvalue weighted by molar-refractivity contribution is 6.70. The number of anilines is 1. The highest BCUT2D eigenvalue weighted by atomic mass is 16.4. The second-order valence-electron chi connectivity index (χ2n) is 4.48. The van der Waals surface area contributed by atoms with Gasteiger partial charge in [-0.05, 0) is 18.2 Å². The maximum atomic E-state index is 12.2. The molecule has 0 aliphatic rings. The van der Waals surface area contributed by atoms with E-state index in [4.69, 9.17) is 10.9 Å². The van der Waals surface area contributed by atoms with Gasteiger partial charge in [0.2, 0.25) is 0 Å². The Morgan fingerprint density at radius 2 is 1.48 bits per heavy atom. The highest BCUT2D eigenvalue weighted by Crippen LogP contribution is 2.12. The Morgan fingerprint density at radius 1 is 0.913 bits per heavy atom. The Balaban J connectivity index is 2.30. The minimum atomic E-state index is -1.25. The van der Waals surface area contributed by atoms with E-state index in [0.29, 0.717) is 5.69 Å². The van der Waals surface area contributed by atoms with Crippen LogP contribution < -0.4 is 11.2 Å². The number of hydrogen-bond acceptors (Lipinski definition) is 5. The van der Waals surface area contributed by atoms with Crippen molar-refractivity contribution in [1.29, 1.82) is 0 Å². The van der Waals surface area contributed by atoms with Crippen molar-refractivity contribution in [2.75, 3.05) is 5.32 Å². The number of hydrazone groups is 1. The van der Waals surface area contributed by atoms with Crippen LogP contribution in [0.4, 0.5) is 5.69 Å². The van der Waals surface area contributed by atoms with Crippen LogP contribution in [0.3, 0.4) is 0 Å². The quantitative estimate of drug-likeness (QED) is 0.332. The number of nitrogens with one attached hydrogen (secondary N) is 1. The molecule has 0 bridgehead atoms. The van der Waals surface area contributed by atoms with Crippen LogP contribution in [0, 0.1) is 0 Å². The van der Waals surface area contributed by atoms with Crippen molar-refractivity contribution < 1.29 is 19.5 Å². The van der Waals surface area contributed by atoms with E-state index in [9.17, 15) is 14.4 Å². The average Bonchev–Trinajstić information content (AvgIpc) is 2.56. The number of nitrogens with two attached hydrogens (primary N) is 1. The molecule has 0 aliphatic carbocycles. The molecule has 0 radical (unpaired) electrons. The van der Waals surface area contributed by atoms with Crippen LogP contribution in [0.5, 0.6) is 0 Å². The third-order valence-electron chi connectivity index (χ3n) is 2.99. The van der Waals surface area contributed by atoms with Crippen molar-refractivity contribution in [3.8, 4) is 0 Å². The van der Waals surface area contributed by atoms with Gasteiger partial charge in [0.25, 0.3) is 11.7 Å². The van der Waals surface area contributed by atoms with Gasteiger partial charge in [0.05, 0.1) is 5.56 Å². The molecule has 2 rings (SSSR count). The topological polar surface area (TPSA) is 122 Å². The van der Waals surface area contributed by atoms with Gasteiger partial charge < -0.3 is 16.3 Å². The summed E-state index contributed by atoms with van der Waals surface area (Å²) in [5.74, 6) is 1.97. The van der Waals surface area contributed by atoms with Gasteiger partial charge in [0.1, 0.15) is 5.71 Å². The van der Waals surface area contributed by atoms with E-state index < -0.39 is 23.4 Å². The molecule has 0 unspecified atom stereocenters. The highest BCUT2D eigenvalue weighted by Gasteiger charge is 2.25. The third kappa shape index (κ3) is 3.59. The zero-order valence-corrected chi connectivity index (χ0v) is 11.9. The first-order valence-electron chi connectivity index (χ1n) is 6.56. The molecule has 0 saturated heterocycles. The molecule has 0 aromatic heterocycles. The molecule has 0 atom stereocenters. The number of Topliss-reactive ketones (excluding diaryl/α,β-unsaturated/α-hetero) is 1. The van der Waals surface area contributed by atoms with Crippen molar-refractivity contribution in [1.82, 2.24) is 0 Å². The molecular formula is C16H13N3O4. The van der Waals surface area contributed by atoms with Crippen molar-refractivity contribution in [3.63, 3.8) is 0 Å². The second-order valence-corrected chi connectivity index (χ2v) is 4.48. The van der Waals surface area contributed by atoms with Crippen molar-refractivity contribution in [3.05, 3.63) is 65.7 Å². The predicted octanol–water partition coefficient (Wildman–Crippen LogP) is 1.26. The summed E-state index contributed by atoms with van der Waals surface area (Å²) in [6, 6.07) is 14.0. The zero-order chi connectivity index (χ0) is 16.8. The number of hydrogen-bond donors (Lipinski definition) is 3. The lowest BCUT2D eigenvalue weighted by Gasteiger charge is -2.08. The fourth-order valence-corrected chi connectivity index (χ4v) is 1.94. The minimum Gasteiger partial charge on any atom is -0.478 e. The Hall–Kier alpha value is -3.48. The van der Waals surface area contributed by atoms with Gasteiger partial charge in [0.15, 0.2) is 0 Å². The van der Waals surface area contributed by atoms with Crippen molar-refractivity contribution in [2.45, 2.75) is 0 Å². The monoisotopic (exact) mass is 311 g/mol. The third-order valence-corrected chi connectivity index (χ3v) is 2.99. The van der Waals surface area contributed by atoms with Crippen LogP contribution in [-0.2, 0) is 9.59 Å². The molecule has 0 aliphatic heterocycles. The number of carboxylic acids is 1. The number of para-hydroxylation sites is 1. The molecule has 23 heavy (non-hydrogen) atoms. The summed E-state index contributed by atoms with van der Waals surface area (Å²) in [6.07, 6.45) is 0. The first-order chi connectivity index (χ1) is 11.0. The average molecular weight is 311 g/mol. The summed E-state index contributed by atoms with van der Waals surface area (Å²) in [6.45, 7) is 0. The zero-order valence-electron chi connectivity index (χ0n) is 11.9. The summed E-state index contributed by atoms with van der Waals surface area (Å²) in [7, 11) is 0. The first kappa shape index (κ1) is 15.9. The Labute approximate surface area is 131 Å². The maximum absolute atomic E-state index is 12.2. The largest absolute Gasteiger partial charge is 0.478 e. The molecule has 116 valence electrons. The Morgan fingerprint density at radius 3 is 2.04 bits per heavy atom. The fourth-order valence-electron chi connectivity index (χ4n) is 1.94. The number of carboxylic acid groups (broad SMARTS) is 1. The molecule has 0 saturated carbocycles. The van der Waals surface area contributed by atoms with Crippen LogP contribution in [0.25, 0.3) is 0 Å². The van der Waals surface area contributed by atoms with Gasteiger partial charge in [-0.3, -0.25) is 9.59 Å². The number of aromatic carboxylic acids is 1. The Bertz CT molecular complexity index is 785. The smallest absolute Gasteiger partial charge is 0.336 e. The molecule has 7 nitrogen and oxygen atoms in total. The molecule has 1 amide bonds. The molecular weight excluding hydrogens is 298 g/mol. The summed E-state index contributed by atoms with van der Waals surface area (Å²) in [4.78, 5) is 35.5. The van der Waals surface area contributed by atoms with E-state index in [0.717, 1.165) is 0 Å². The van der Waals surface area contributed by atoms with E-state index in [1.165, 1.54) is 24.3 Å². The summed E-state index contributed by atoms with van der Waals surface area (Å²) < 4.78 is 0. The number of carbonyl (C=O) groups excluding carboxylic acids is 2. The van der Waals surface area contributed by atoms with Gasteiger partial charge in [-0.25, -0.2) is 4.79 Å². The van der Waals surface area contributed by atoms with Crippen LogP contribution in [0.1, 0.15) is 15.9 Å². The predicted molar refractivity (Wildman–Crippen MR) is 84.2 cm³/mol. The van der Waals surface area contributed by atoms with Crippen molar-refractivity contribution >= 4 is 29.1 Å². The number of carbonyl (C=O) groups is 3. The molecule has 7 heteroatoms. The summed E-state index contributed by atoms with van der Waals surface area (Å²) in [5.41, 5.74) is -0.182. The SMILES string of the molecule is NN=C(C(=O)C(=O)Nc1ccccc1)c1ccccc1C(=O)O. The number of nitrogens with zero attached hydrogens (tertiary/aromatic N) is 1. The van der Waals surface area contributed by atoms with Gasteiger partial charge >= 0.3 is 5.97 Å². The van der Waals surface area contributed by atoms with E-state index in [1.54, 1.807) is 30.3 Å². The van der Waals surface area contributed by atoms with Gasteiger partial charge in [0, 0.05) is 11.3 Å². The lowest BCUT2D eigenvalue weighted by Crippen LogP contribution is -2.32. The van der Waals surface area contributed by atoms with E-state index >= 15 is 0 Å². The van der Waals surface area contributed by atoms with Crippen LogP contribution in [0.15, 0.2) is 59.7 Å². The van der Waals surface area contributed by atoms with Crippen LogP contribution in [0.2, 0.25) is 0 Å². The molecule has 2 aromatic rings. The van der Waals surface area contributed by atoms with E-state index in [-0.39, 0.29) is 11.1 Å². The minimum absolute atomic E-state index is 0.0179. The van der Waals surface area contributed by atoms with Crippen LogP contribution >= 0.6 is 0 Å². The Kier molecular flexibility index (Phi) is 4.83. The van der Waals surface area contributed by atoms with Crippen molar-refractivity contribution in [2.24, 2.45) is 10.9 Å². The normalized spacial score (nSPS) is 10.9. The molecule has 0 fully saturated rings. The summed E-state index contributed by atoms with van der Waals surface area (Å²) in [5, 5.41) is 14.9. The van der Waals surface area contributed by atoms with Gasteiger partial charge in [-0.15, -0.1) is 0 Å². The number of rotatable bonds is 5.